The predicted molar refractivity (Wildman–Crippen MR) is 384 cm³/mol. The Bertz CT molecular complexity index is 4090. The van der Waals surface area contributed by atoms with Crippen LogP contribution in [-0.4, -0.2) is 180 Å². The Morgan fingerprint density at radius 3 is 1.12 bits per heavy atom. The van der Waals surface area contributed by atoms with Crippen molar-refractivity contribution in [2.24, 2.45) is 11.8 Å². The highest BCUT2D eigenvalue weighted by molar-refractivity contribution is 6.13. The maximum absolute atomic E-state index is 14.2. The Labute approximate surface area is 622 Å². The second-order valence-electron chi connectivity index (χ2n) is 25.6. The Morgan fingerprint density at radius 1 is 0.413 bits per heavy atom. The number of carboxylic acids is 5. The van der Waals surface area contributed by atoms with Gasteiger partial charge in [0.05, 0.1) is 65.3 Å². The summed E-state index contributed by atoms with van der Waals surface area (Å²) in [6, 6.07) is 16.2. The lowest BCUT2D eigenvalue weighted by Crippen LogP contribution is -2.61. The van der Waals surface area contributed by atoms with Crippen molar-refractivity contribution in [3.05, 3.63) is 138 Å². The molecule has 0 radical (unpaired) electrons. The molecule has 0 bridgehead atoms. The zero-order valence-corrected chi connectivity index (χ0v) is 60.0. The van der Waals surface area contributed by atoms with E-state index in [1.807, 2.05) is 0 Å². The molecule has 10 amide bonds. The number of aliphatic carboxylic acids is 4. The minimum absolute atomic E-state index is 0.0501. The van der Waals surface area contributed by atoms with Crippen LogP contribution < -0.4 is 58.3 Å². The summed E-state index contributed by atoms with van der Waals surface area (Å²) in [6.07, 6.45) is -9.88. The lowest BCUT2D eigenvalue weighted by atomic mass is 9.93. The van der Waals surface area contributed by atoms with Crippen LogP contribution in [0.15, 0.2) is 126 Å². The molecule has 0 saturated carbocycles. The van der Waals surface area contributed by atoms with Gasteiger partial charge in [-0.25, -0.2) is 14.0 Å². The quantitative estimate of drug-likeness (QED) is 0.0194. The lowest BCUT2D eigenvalue weighted by Gasteiger charge is -2.28. The van der Waals surface area contributed by atoms with Crippen molar-refractivity contribution >= 4 is 123 Å². The van der Waals surface area contributed by atoms with Gasteiger partial charge in [-0.05, 0) is 79.5 Å². The van der Waals surface area contributed by atoms with Crippen LogP contribution in [0.25, 0.3) is 33.1 Å². The van der Waals surface area contributed by atoms with Gasteiger partial charge in [0.1, 0.15) is 61.5 Å². The monoisotopic (exact) mass is 1510 g/mol. The third-order valence-electron chi connectivity index (χ3n) is 17.3. The van der Waals surface area contributed by atoms with E-state index in [0.717, 1.165) is 13.8 Å². The number of ether oxygens (including phenoxy) is 2. The van der Waals surface area contributed by atoms with Gasteiger partial charge < -0.3 is 103 Å². The van der Waals surface area contributed by atoms with E-state index in [0.29, 0.717) is 24.0 Å². The van der Waals surface area contributed by atoms with Crippen molar-refractivity contribution in [2.75, 3.05) is 10.6 Å². The van der Waals surface area contributed by atoms with Crippen molar-refractivity contribution in [3.63, 3.8) is 0 Å². The molecular weight excluding hydrogens is 1430 g/mol. The maximum Gasteiger partial charge on any atom is 0.408 e. The Balaban J connectivity index is 1.24. The maximum atomic E-state index is 14.2. The minimum Gasteiger partial charge on any atom is -0.545 e. The van der Waals surface area contributed by atoms with Crippen molar-refractivity contribution in [1.29, 1.82) is 0 Å². The summed E-state index contributed by atoms with van der Waals surface area (Å²) in [4.78, 5) is 199. The van der Waals surface area contributed by atoms with Crippen LogP contribution >= 0.6 is 0 Å². The molecule has 5 aromatic carbocycles. The number of nitrogens with one attached hydrogen (secondary N) is 10. The van der Waals surface area contributed by atoms with E-state index in [2.05, 4.69) is 53.2 Å². The van der Waals surface area contributed by atoms with Crippen molar-refractivity contribution < 1.29 is 122 Å². The van der Waals surface area contributed by atoms with E-state index in [-0.39, 0.29) is 63.2 Å². The van der Waals surface area contributed by atoms with E-state index >= 15 is 0 Å². The smallest absolute Gasteiger partial charge is 0.408 e. The summed E-state index contributed by atoms with van der Waals surface area (Å²) in [5.74, 6) is -18.4. The SMILES string of the molecule is CC[C@H](C)[C@H](NC(=O)OCc1ccccc1)C(=O)N[C@@H](CCC(=O)O)C(=O)N[C@H](C(=O)N[C@@H](CC(=O)O)C(=O)Nc1ccc2c(-c3ccccc3C(=O)[O-])c3ccc(NC(=O)[C@H](CC(=O)O)NC(=O)[C@@H](NC(=O)[C@H](CCC(=O)O)NC(=O)[C@@H](NC(=O)OCc4ccccc4)[C@@H](C)CC)[C@@H](C)O)cc3[o+]c2c1)[C@@H](C)O. The molecule has 35 heteroatoms. The molecule has 0 fully saturated rings. The summed E-state index contributed by atoms with van der Waals surface area (Å²) in [5.41, 5.74) is 0.512. The number of rotatable bonds is 40. The first-order valence-corrected chi connectivity index (χ1v) is 34.4. The molecule has 582 valence electrons. The lowest BCUT2D eigenvalue weighted by molar-refractivity contribution is -0.255. The van der Waals surface area contributed by atoms with Crippen LogP contribution in [0.3, 0.4) is 0 Å². The number of aromatic carboxylic acids is 1. The Kier molecular flexibility index (Phi) is 31.9. The summed E-state index contributed by atoms with van der Waals surface area (Å²) >= 11 is 0. The number of amides is 10. The molecule has 0 unspecified atom stereocenters. The molecule has 109 heavy (non-hydrogen) atoms. The van der Waals surface area contributed by atoms with E-state index in [9.17, 15) is 108 Å². The summed E-state index contributed by atoms with van der Waals surface area (Å²) in [6.45, 7) is 8.37. The van der Waals surface area contributed by atoms with Gasteiger partial charge in [0, 0.05) is 24.0 Å². The standard InChI is InChI=1S/C74H86N10O25/c1-7-37(3)60(83-73(105)107-35-41-17-11-9-12-18-41)68(99)77-49(27-29-55(87)88)64(95)81-62(39(5)85)70(101)79-51(33-57(91)92)66(97)75-43-23-25-47-53(31-43)109-54-32-44(24-26-48(54)59(47)45-21-15-16-22-46(45)72(103)104)76-67(98)52(34-58(93)94)80-71(102)63(40(6)86)82-65(96)50(28-30-56(89)90)78-69(100)61(38(4)8-2)84-74(106)108-36-42-19-13-10-14-20-42/h9-26,31-32,37-40,49-52,60-63,85-86H,7-8,27-30,33-36H2,1-6H3,(H14-,75,76,77,78,79,80,81,82,83,84,87,88,89,90,91,92,93,94,95,96,97,98,99,100,101,102,103,104,105,106)/t37-,38-,39+,40+,49-,50-,51-,52-,60-,61-,62-,63-/m0/s1. The average Bonchev–Trinajstić information content (AvgIpc) is 0.747. The number of benzene rings is 5. The molecule has 12 atom stereocenters. The van der Waals surface area contributed by atoms with Gasteiger partial charge >= 0.3 is 47.2 Å². The number of hydrogen-bond donors (Lipinski definition) is 16. The van der Waals surface area contributed by atoms with Gasteiger partial charge in [0.25, 0.3) is 0 Å². The number of hydrogen-bond acceptors (Lipinski definition) is 20. The predicted octanol–water partition coefficient (Wildman–Crippen LogP) is 2.81. The molecule has 0 saturated heterocycles. The molecule has 0 aliphatic rings. The highest BCUT2D eigenvalue weighted by Gasteiger charge is 2.39. The van der Waals surface area contributed by atoms with Crippen LogP contribution in [-0.2, 0) is 80.2 Å². The van der Waals surface area contributed by atoms with Gasteiger partial charge in [0.15, 0.2) is 0 Å². The van der Waals surface area contributed by atoms with Crippen LogP contribution in [0, 0.1) is 11.8 Å². The van der Waals surface area contributed by atoms with Gasteiger partial charge in [-0.1, -0.05) is 125 Å². The highest BCUT2D eigenvalue weighted by atomic mass is 16.6. The molecule has 6 aromatic rings. The van der Waals surface area contributed by atoms with Crippen LogP contribution in [0.1, 0.15) is 114 Å². The highest BCUT2D eigenvalue weighted by Crippen LogP contribution is 2.40. The van der Waals surface area contributed by atoms with Gasteiger partial charge in [0.2, 0.25) is 47.3 Å². The summed E-state index contributed by atoms with van der Waals surface area (Å²) in [7, 11) is 0. The fraction of sp³-hybridized carbons (Fsp3) is 0.378. The van der Waals surface area contributed by atoms with Crippen LogP contribution in [0.5, 0.6) is 0 Å². The second kappa shape index (κ2) is 40.7. The first-order valence-electron chi connectivity index (χ1n) is 34.4. The Morgan fingerprint density at radius 2 is 0.771 bits per heavy atom. The fourth-order valence-corrected chi connectivity index (χ4v) is 11.1. The van der Waals surface area contributed by atoms with E-state index in [1.165, 1.54) is 60.7 Å². The van der Waals surface area contributed by atoms with Crippen LogP contribution in [0.4, 0.5) is 21.0 Å². The molecule has 1 aromatic heterocycles. The number of aliphatic hydroxyl groups excluding tert-OH is 2. The second-order valence-corrected chi connectivity index (χ2v) is 25.6. The van der Waals surface area contributed by atoms with E-state index < -0.39 is 200 Å². The number of alkyl carbamates (subject to hydrolysis) is 2. The van der Waals surface area contributed by atoms with Gasteiger partial charge in [-0.3, -0.25) is 57.5 Å². The third kappa shape index (κ3) is 25.5. The normalized spacial score (nSPS) is 14.3. The number of carboxylic acid groups (broad SMARTS) is 5. The first kappa shape index (κ1) is 85.3. The number of carbonyl (C=O) groups excluding carboxylic acids is 11. The van der Waals surface area contributed by atoms with Gasteiger partial charge in [-0.15, -0.1) is 0 Å². The summed E-state index contributed by atoms with van der Waals surface area (Å²) in [5, 5.41) is 97.3. The van der Waals surface area contributed by atoms with Gasteiger partial charge in [-0.2, -0.15) is 0 Å². The zero-order valence-electron chi connectivity index (χ0n) is 60.0. The molecule has 16 N–H and O–H groups in total. The molecule has 0 aliphatic heterocycles. The van der Waals surface area contributed by atoms with Crippen molar-refractivity contribution in [3.8, 4) is 11.1 Å². The van der Waals surface area contributed by atoms with Crippen molar-refractivity contribution in [2.45, 2.75) is 167 Å². The molecule has 0 aliphatic carbocycles. The topological polar surface area (TPSA) is 551 Å². The third-order valence-corrected chi connectivity index (χ3v) is 17.3. The molecule has 1 heterocycles. The average molecular weight is 1520 g/mol. The molecule has 35 nitrogen and oxygen atoms in total. The molecular formula is C74H86N10O25. The molecule has 6 rings (SSSR count). The number of aliphatic hydroxyl groups is 2. The number of carbonyl (C=O) groups is 15. The fourth-order valence-electron chi connectivity index (χ4n) is 11.1. The first-order chi connectivity index (χ1) is 51.7. The summed E-state index contributed by atoms with van der Waals surface area (Å²) < 4.78 is 16.9. The van der Waals surface area contributed by atoms with E-state index in [4.69, 9.17) is 13.9 Å². The van der Waals surface area contributed by atoms with Crippen LogP contribution in [0.2, 0.25) is 0 Å². The van der Waals surface area contributed by atoms with Crippen molar-refractivity contribution in [1.82, 2.24) is 42.5 Å². The Hall–Kier alpha value is -12.7. The largest absolute Gasteiger partial charge is 0.545 e. The zero-order chi connectivity index (χ0) is 80.3. The number of fused-ring (bicyclic) bond motifs is 2. The molecule has 0 spiro atoms. The van der Waals surface area contributed by atoms with E-state index in [1.54, 1.807) is 88.4 Å². The number of anilines is 2. The minimum atomic E-state index is -2.02.